The van der Waals surface area contributed by atoms with Crippen molar-refractivity contribution in [2.75, 3.05) is 20.7 Å². The third-order valence-electron chi connectivity index (χ3n) is 2.40. The zero-order chi connectivity index (χ0) is 12.1. The van der Waals surface area contributed by atoms with Gasteiger partial charge in [-0.3, -0.25) is 4.79 Å². The summed E-state index contributed by atoms with van der Waals surface area (Å²) < 4.78 is 5.09. The Kier molecular flexibility index (Phi) is 4.77. The number of nitrogens with one attached hydrogen (secondary N) is 1. The summed E-state index contributed by atoms with van der Waals surface area (Å²) in [5.74, 6) is 0.695. The van der Waals surface area contributed by atoms with Crippen LogP contribution in [0.1, 0.15) is 22.3 Å². The smallest absolute Gasteiger partial charge is 0.164 e. The Morgan fingerprint density at radius 1 is 1.50 bits per heavy atom. The van der Waals surface area contributed by atoms with E-state index in [0.29, 0.717) is 29.3 Å². The minimum absolute atomic E-state index is 0.0939. The van der Waals surface area contributed by atoms with Gasteiger partial charge >= 0.3 is 0 Å². The van der Waals surface area contributed by atoms with Gasteiger partial charge in [0.2, 0.25) is 0 Å². The van der Waals surface area contributed by atoms with Crippen molar-refractivity contribution in [3.8, 4) is 5.75 Å². The molecule has 0 aliphatic rings. The molecule has 1 rings (SSSR count). The average Bonchev–Trinajstić information content (AvgIpc) is 2.28. The van der Waals surface area contributed by atoms with Crippen LogP contribution in [0.5, 0.6) is 5.75 Å². The molecule has 0 aliphatic carbocycles. The number of rotatable bonds is 5. The summed E-state index contributed by atoms with van der Waals surface area (Å²) in [6, 6.07) is 3.46. The number of hydrogen-bond donors (Lipinski definition) is 1. The summed E-state index contributed by atoms with van der Waals surface area (Å²) in [4.78, 5) is 11.8. The van der Waals surface area contributed by atoms with Crippen LogP contribution in [0.3, 0.4) is 0 Å². The third-order valence-corrected chi connectivity index (χ3v) is 2.70. The Labute approximate surface area is 101 Å². The first-order valence-corrected chi connectivity index (χ1v) is 5.50. The van der Waals surface area contributed by atoms with Crippen LogP contribution >= 0.6 is 11.6 Å². The molecule has 0 aromatic heterocycles. The van der Waals surface area contributed by atoms with E-state index in [1.165, 1.54) is 0 Å². The van der Waals surface area contributed by atoms with E-state index in [0.717, 1.165) is 5.56 Å². The van der Waals surface area contributed by atoms with Gasteiger partial charge in [-0.15, -0.1) is 0 Å². The van der Waals surface area contributed by atoms with E-state index >= 15 is 0 Å². The van der Waals surface area contributed by atoms with Crippen molar-refractivity contribution in [1.29, 1.82) is 0 Å². The van der Waals surface area contributed by atoms with Crippen molar-refractivity contribution in [2.24, 2.45) is 0 Å². The van der Waals surface area contributed by atoms with Crippen LogP contribution in [0.4, 0.5) is 0 Å². The average molecular weight is 242 g/mol. The highest BCUT2D eigenvalue weighted by atomic mass is 35.5. The Morgan fingerprint density at radius 2 is 2.19 bits per heavy atom. The van der Waals surface area contributed by atoms with Gasteiger partial charge in [0.25, 0.3) is 0 Å². The molecule has 3 nitrogen and oxygen atoms in total. The van der Waals surface area contributed by atoms with Gasteiger partial charge in [0.15, 0.2) is 5.78 Å². The first-order valence-electron chi connectivity index (χ1n) is 5.12. The fraction of sp³-hybridized carbons (Fsp3) is 0.417. The van der Waals surface area contributed by atoms with Crippen LogP contribution < -0.4 is 10.1 Å². The number of ether oxygens (including phenoxy) is 1. The summed E-state index contributed by atoms with van der Waals surface area (Å²) in [5.41, 5.74) is 1.56. The molecule has 1 aromatic carbocycles. The number of hydrogen-bond acceptors (Lipinski definition) is 3. The molecular formula is C12H16ClNO2. The molecule has 0 fully saturated rings. The lowest BCUT2D eigenvalue weighted by Crippen LogP contribution is -2.13. The first kappa shape index (κ1) is 13.0. The second-order valence-electron chi connectivity index (χ2n) is 3.58. The molecule has 0 bridgehead atoms. The monoisotopic (exact) mass is 241 g/mol. The number of aryl methyl sites for hydroxylation is 1. The zero-order valence-corrected chi connectivity index (χ0v) is 10.5. The SMILES string of the molecule is CNCCC(=O)c1cc(Cl)c(OC)cc1C. The Bertz CT molecular complexity index is 391. The van der Waals surface area contributed by atoms with E-state index in [9.17, 15) is 4.79 Å². The molecule has 0 saturated heterocycles. The molecular weight excluding hydrogens is 226 g/mol. The van der Waals surface area contributed by atoms with Crippen LogP contribution in [0.25, 0.3) is 0 Å². The number of Topliss-reactive ketones (excluding diaryl/α,β-unsaturated/α-hetero) is 1. The lowest BCUT2D eigenvalue weighted by Gasteiger charge is -2.09. The maximum Gasteiger partial charge on any atom is 0.164 e. The highest BCUT2D eigenvalue weighted by molar-refractivity contribution is 6.32. The quantitative estimate of drug-likeness (QED) is 0.805. The van der Waals surface area contributed by atoms with Gasteiger partial charge < -0.3 is 10.1 Å². The molecule has 0 saturated carbocycles. The molecule has 16 heavy (non-hydrogen) atoms. The minimum atomic E-state index is 0.0939. The second kappa shape index (κ2) is 5.87. The lowest BCUT2D eigenvalue weighted by atomic mass is 10.0. The largest absolute Gasteiger partial charge is 0.495 e. The van der Waals surface area contributed by atoms with Crippen LogP contribution in [0, 0.1) is 6.92 Å². The van der Waals surface area contributed by atoms with E-state index in [4.69, 9.17) is 16.3 Å². The fourth-order valence-electron chi connectivity index (χ4n) is 1.49. The van der Waals surface area contributed by atoms with Gasteiger partial charge in [-0.25, -0.2) is 0 Å². The highest BCUT2D eigenvalue weighted by Crippen LogP contribution is 2.28. The number of carbonyl (C=O) groups excluding carboxylic acids is 1. The Balaban J connectivity index is 2.97. The molecule has 1 N–H and O–H groups in total. The van der Waals surface area contributed by atoms with Crippen LogP contribution in [-0.4, -0.2) is 26.5 Å². The fourth-order valence-corrected chi connectivity index (χ4v) is 1.73. The topological polar surface area (TPSA) is 38.3 Å². The number of halogens is 1. The van der Waals surface area contributed by atoms with Gasteiger partial charge in [-0.2, -0.15) is 0 Å². The number of ketones is 1. The summed E-state index contributed by atoms with van der Waals surface area (Å²) in [6.07, 6.45) is 0.472. The van der Waals surface area contributed by atoms with Gasteiger partial charge in [-0.05, 0) is 31.7 Å². The van der Waals surface area contributed by atoms with E-state index in [1.807, 2.05) is 14.0 Å². The van der Waals surface area contributed by atoms with E-state index in [-0.39, 0.29) is 5.78 Å². The van der Waals surface area contributed by atoms with Crippen LogP contribution in [-0.2, 0) is 0 Å². The minimum Gasteiger partial charge on any atom is -0.495 e. The van der Waals surface area contributed by atoms with E-state index in [2.05, 4.69) is 5.32 Å². The maximum absolute atomic E-state index is 11.8. The standard InChI is InChI=1S/C12H16ClNO2/c1-8-6-12(16-3)10(13)7-9(8)11(15)4-5-14-2/h6-7,14H,4-5H2,1-3H3. The van der Waals surface area contributed by atoms with Gasteiger partial charge in [0.1, 0.15) is 5.75 Å². The van der Waals surface area contributed by atoms with E-state index < -0.39 is 0 Å². The third kappa shape index (κ3) is 2.97. The molecule has 4 heteroatoms. The van der Waals surface area contributed by atoms with Crippen LogP contribution in [0.15, 0.2) is 12.1 Å². The lowest BCUT2D eigenvalue weighted by molar-refractivity contribution is 0.0982. The summed E-state index contributed by atoms with van der Waals surface area (Å²) in [5, 5.41) is 3.42. The van der Waals surface area contributed by atoms with Crippen molar-refractivity contribution in [3.05, 3.63) is 28.3 Å². The molecule has 0 aliphatic heterocycles. The molecule has 0 heterocycles. The summed E-state index contributed by atoms with van der Waals surface area (Å²) in [6.45, 7) is 2.55. The molecule has 0 amide bonds. The predicted molar refractivity (Wildman–Crippen MR) is 65.6 cm³/mol. The Hall–Kier alpha value is -1.06. The zero-order valence-electron chi connectivity index (χ0n) is 9.76. The molecule has 0 radical (unpaired) electrons. The van der Waals surface area contributed by atoms with E-state index in [1.54, 1.807) is 19.2 Å². The first-order chi connectivity index (χ1) is 7.60. The normalized spacial score (nSPS) is 10.2. The summed E-state index contributed by atoms with van der Waals surface area (Å²) in [7, 11) is 3.38. The summed E-state index contributed by atoms with van der Waals surface area (Å²) >= 11 is 5.99. The molecule has 0 atom stereocenters. The van der Waals surface area contributed by atoms with Crippen molar-refractivity contribution in [1.82, 2.24) is 5.32 Å². The highest BCUT2D eigenvalue weighted by Gasteiger charge is 2.12. The van der Waals surface area contributed by atoms with Gasteiger partial charge in [-0.1, -0.05) is 11.6 Å². The molecule has 88 valence electrons. The number of carbonyl (C=O) groups is 1. The van der Waals surface area contributed by atoms with Gasteiger partial charge in [0.05, 0.1) is 12.1 Å². The molecule has 0 unspecified atom stereocenters. The van der Waals surface area contributed by atoms with Crippen molar-refractivity contribution in [2.45, 2.75) is 13.3 Å². The van der Waals surface area contributed by atoms with Crippen LogP contribution in [0.2, 0.25) is 5.02 Å². The van der Waals surface area contributed by atoms with Crippen molar-refractivity contribution in [3.63, 3.8) is 0 Å². The molecule has 0 spiro atoms. The predicted octanol–water partition coefficient (Wildman–Crippen LogP) is 2.45. The number of benzene rings is 1. The Morgan fingerprint density at radius 3 is 2.75 bits per heavy atom. The second-order valence-corrected chi connectivity index (χ2v) is 3.99. The number of methoxy groups -OCH3 is 1. The van der Waals surface area contributed by atoms with Crippen molar-refractivity contribution < 1.29 is 9.53 Å². The maximum atomic E-state index is 11.8. The molecule has 1 aromatic rings. The van der Waals surface area contributed by atoms with Crippen molar-refractivity contribution >= 4 is 17.4 Å². The van der Waals surface area contributed by atoms with Gasteiger partial charge in [0, 0.05) is 18.5 Å².